The van der Waals surface area contributed by atoms with Crippen molar-refractivity contribution in [3.63, 3.8) is 0 Å². The van der Waals surface area contributed by atoms with Gasteiger partial charge in [0.05, 0.1) is 11.0 Å². The minimum atomic E-state index is 0.465. The van der Waals surface area contributed by atoms with Crippen LogP contribution < -0.4 is 10.6 Å². The number of aryl methyl sites for hydroxylation is 1. The van der Waals surface area contributed by atoms with E-state index in [2.05, 4.69) is 74.8 Å². The molecule has 0 radical (unpaired) electrons. The van der Waals surface area contributed by atoms with Crippen LogP contribution in [0.25, 0.3) is 33.1 Å². The van der Waals surface area contributed by atoms with Gasteiger partial charge in [-0.25, -0.2) is 0 Å². The maximum absolute atomic E-state index is 4.61. The number of nitrogens with zero attached hydrogens (tertiary/aromatic N) is 3. The van der Waals surface area contributed by atoms with Crippen LogP contribution in [0.15, 0.2) is 55.0 Å². The Morgan fingerprint density at radius 2 is 1.93 bits per heavy atom. The Morgan fingerprint density at radius 3 is 2.75 bits per heavy atom. The van der Waals surface area contributed by atoms with E-state index >= 15 is 0 Å². The van der Waals surface area contributed by atoms with Crippen LogP contribution in [0.5, 0.6) is 0 Å². The summed E-state index contributed by atoms with van der Waals surface area (Å²) in [5, 5.41) is 8.31. The van der Waals surface area contributed by atoms with Crippen molar-refractivity contribution < 1.29 is 0 Å². The molecule has 144 valence electrons. The Bertz CT molecular complexity index is 1090. The highest BCUT2D eigenvalue weighted by Crippen LogP contribution is 2.32. The van der Waals surface area contributed by atoms with Gasteiger partial charge in [0.25, 0.3) is 0 Å². The average Bonchev–Trinajstić information content (AvgIpc) is 3.38. The number of hydrogen-bond donors (Lipinski definition) is 2. The topological polar surface area (TPSA) is 54.8 Å². The highest BCUT2D eigenvalue weighted by molar-refractivity contribution is 5.97. The molecule has 5 nitrogen and oxygen atoms in total. The number of hydrogen-bond acceptors (Lipinski definition) is 4. The molecule has 2 aromatic carbocycles. The summed E-state index contributed by atoms with van der Waals surface area (Å²) in [7, 11) is 2.08. The van der Waals surface area contributed by atoms with E-state index in [0.717, 1.165) is 47.4 Å². The third-order valence-corrected chi connectivity index (χ3v) is 5.20. The van der Waals surface area contributed by atoms with Gasteiger partial charge >= 0.3 is 0 Å². The van der Waals surface area contributed by atoms with Crippen LogP contribution in [0, 0.1) is 0 Å². The van der Waals surface area contributed by atoms with Crippen molar-refractivity contribution in [1.29, 1.82) is 0 Å². The summed E-state index contributed by atoms with van der Waals surface area (Å²) in [5.74, 6) is 0. The summed E-state index contributed by atoms with van der Waals surface area (Å²) in [4.78, 5) is 9.16. The molecule has 1 atom stereocenters. The van der Waals surface area contributed by atoms with E-state index in [9.17, 15) is 0 Å². The lowest BCUT2D eigenvalue weighted by Gasteiger charge is -2.15. The van der Waals surface area contributed by atoms with Crippen LogP contribution in [0.3, 0.4) is 0 Å². The second kappa shape index (κ2) is 7.98. The molecule has 0 saturated carbocycles. The minimum Gasteiger partial charge on any atom is -0.381 e. The Morgan fingerprint density at radius 1 is 1.07 bits per heavy atom. The molecular weight excluding hydrogens is 346 g/mol. The summed E-state index contributed by atoms with van der Waals surface area (Å²) in [6, 6.07) is 13.5. The van der Waals surface area contributed by atoms with Crippen molar-refractivity contribution in [2.24, 2.45) is 7.05 Å². The normalized spacial score (nSPS) is 16.2. The van der Waals surface area contributed by atoms with E-state index in [-0.39, 0.29) is 0 Å². The third kappa shape index (κ3) is 3.45. The maximum Gasteiger partial charge on any atom is 0.0966 e. The van der Waals surface area contributed by atoms with Gasteiger partial charge in [0.15, 0.2) is 0 Å². The fraction of sp³-hybridized carbons (Fsp3) is 0.304. The fourth-order valence-corrected chi connectivity index (χ4v) is 3.82. The van der Waals surface area contributed by atoms with Gasteiger partial charge in [0.1, 0.15) is 0 Å². The number of anilines is 1. The highest BCUT2D eigenvalue weighted by atomic mass is 15.0. The molecule has 28 heavy (non-hydrogen) atoms. The first kappa shape index (κ1) is 18.4. The van der Waals surface area contributed by atoms with E-state index in [1.54, 1.807) is 12.4 Å². The average molecular weight is 374 g/mol. The van der Waals surface area contributed by atoms with Crippen molar-refractivity contribution >= 4 is 27.6 Å². The van der Waals surface area contributed by atoms with Crippen LogP contribution in [0.1, 0.15) is 20.3 Å². The second-order valence-electron chi connectivity index (χ2n) is 6.98. The van der Waals surface area contributed by atoms with Crippen molar-refractivity contribution in [2.75, 3.05) is 18.4 Å². The predicted molar refractivity (Wildman–Crippen MR) is 118 cm³/mol. The zero-order valence-corrected chi connectivity index (χ0v) is 16.7. The van der Waals surface area contributed by atoms with Crippen molar-refractivity contribution in [2.45, 2.75) is 26.3 Å². The molecule has 0 bridgehead atoms. The van der Waals surface area contributed by atoms with Gasteiger partial charge in [-0.1, -0.05) is 26.0 Å². The Kier molecular flexibility index (Phi) is 5.26. The third-order valence-electron chi connectivity index (χ3n) is 5.20. The van der Waals surface area contributed by atoms with Gasteiger partial charge in [-0.2, -0.15) is 0 Å². The summed E-state index contributed by atoms with van der Waals surface area (Å²) in [5.41, 5.74) is 6.47. The maximum atomic E-state index is 4.61. The van der Waals surface area contributed by atoms with Crippen LogP contribution >= 0.6 is 0 Å². The summed E-state index contributed by atoms with van der Waals surface area (Å²) < 4.78 is 2.15. The van der Waals surface area contributed by atoms with Crippen LogP contribution in [0.4, 0.5) is 5.69 Å². The quantitative estimate of drug-likeness (QED) is 0.551. The summed E-state index contributed by atoms with van der Waals surface area (Å²) in [6.07, 6.45) is 6.76. The number of nitrogens with one attached hydrogen (secondary N) is 2. The van der Waals surface area contributed by atoms with Gasteiger partial charge < -0.3 is 15.2 Å². The molecule has 0 amide bonds. The molecule has 4 aromatic rings. The molecule has 1 saturated heterocycles. The monoisotopic (exact) mass is 373 g/mol. The van der Waals surface area contributed by atoms with Crippen LogP contribution in [-0.2, 0) is 7.05 Å². The van der Waals surface area contributed by atoms with Gasteiger partial charge in [-0.05, 0) is 48.2 Å². The standard InChI is InChI=1S/C21H21N5.C2H6/c1-26-9-5-14-2-3-15(10-20(14)26)18-11-17(25-16-4-6-22-13-16)12-19-21(18)24-8-7-23-19;1-2/h2-3,5,7-12,16,22,25H,4,6,13H2,1H3;1-2H3. The molecule has 5 heteroatoms. The minimum absolute atomic E-state index is 0.465. The molecule has 1 aliphatic rings. The molecule has 1 unspecified atom stereocenters. The van der Waals surface area contributed by atoms with E-state index in [0.29, 0.717) is 6.04 Å². The van der Waals surface area contributed by atoms with Crippen LogP contribution in [-0.4, -0.2) is 33.7 Å². The number of aromatic nitrogens is 3. The molecule has 3 heterocycles. The highest BCUT2D eigenvalue weighted by Gasteiger charge is 2.16. The van der Waals surface area contributed by atoms with E-state index in [1.807, 2.05) is 13.8 Å². The molecule has 1 aliphatic heterocycles. The fourth-order valence-electron chi connectivity index (χ4n) is 3.82. The second-order valence-corrected chi connectivity index (χ2v) is 6.98. The Labute approximate surface area is 165 Å². The molecule has 1 fully saturated rings. The Balaban J connectivity index is 0.000000932. The van der Waals surface area contributed by atoms with Gasteiger partial charge in [0.2, 0.25) is 0 Å². The molecular formula is C23H27N5. The Hall–Kier alpha value is -2.92. The number of fused-ring (bicyclic) bond motifs is 2. The molecule has 5 rings (SSSR count). The lowest BCUT2D eigenvalue weighted by Crippen LogP contribution is -2.22. The van der Waals surface area contributed by atoms with E-state index < -0.39 is 0 Å². The lowest BCUT2D eigenvalue weighted by molar-refractivity contribution is 0.793. The van der Waals surface area contributed by atoms with Crippen LogP contribution in [0.2, 0.25) is 0 Å². The molecule has 2 aromatic heterocycles. The van der Waals surface area contributed by atoms with Gasteiger partial charge in [-0.3, -0.25) is 9.97 Å². The summed E-state index contributed by atoms with van der Waals surface area (Å²) in [6.45, 7) is 6.07. The number of benzene rings is 2. The SMILES string of the molecule is CC.Cn1ccc2ccc(-c3cc(NC4CCNC4)cc4nccnc34)cc21. The van der Waals surface area contributed by atoms with Crippen molar-refractivity contribution in [3.8, 4) is 11.1 Å². The first-order chi connectivity index (χ1) is 13.8. The zero-order chi connectivity index (χ0) is 19.5. The van der Waals surface area contributed by atoms with Crippen molar-refractivity contribution in [3.05, 3.63) is 55.0 Å². The molecule has 2 N–H and O–H groups in total. The summed E-state index contributed by atoms with van der Waals surface area (Å²) >= 11 is 0. The lowest BCUT2D eigenvalue weighted by atomic mass is 10.0. The zero-order valence-electron chi connectivity index (χ0n) is 16.7. The number of rotatable bonds is 3. The smallest absolute Gasteiger partial charge is 0.0966 e. The first-order valence-corrected chi connectivity index (χ1v) is 10.1. The predicted octanol–water partition coefficient (Wildman–Crippen LogP) is 4.59. The molecule has 0 aliphatic carbocycles. The van der Waals surface area contributed by atoms with E-state index in [4.69, 9.17) is 0 Å². The largest absolute Gasteiger partial charge is 0.381 e. The van der Waals surface area contributed by atoms with Gasteiger partial charge in [0, 0.05) is 55.0 Å². The molecule has 0 spiro atoms. The van der Waals surface area contributed by atoms with E-state index in [1.165, 1.54) is 10.9 Å². The van der Waals surface area contributed by atoms with Gasteiger partial charge in [-0.15, -0.1) is 0 Å². The van der Waals surface area contributed by atoms with Crippen molar-refractivity contribution in [1.82, 2.24) is 19.9 Å². The first-order valence-electron chi connectivity index (χ1n) is 10.1.